The van der Waals surface area contributed by atoms with Gasteiger partial charge < -0.3 is 10.4 Å². The van der Waals surface area contributed by atoms with E-state index in [9.17, 15) is 18.0 Å². The fourth-order valence-electron chi connectivity index (χ4n) is 3.25. The third-order valence-electron chi connectivity index (χ3n) is 4.30. The van der Waals surface area contributed by atoms with Crippen LogP contribution in [0.25, 0.3) is 11.1 Å². The minimum atomic E-state index is -4.44. The zero-order valence-corrected chi connectivity index (χ0v) is 12.7. The second-order valence-corrected chi connectivity index (χ2v) is 5.85. The highest BCUT2D eigenvalue weighted by atomic mass is 19.4. The van der Waals surface area contributed by atoms with Gasteiger partial charge in [-0.3, -0.25) is 0 Å². The lowest BCUT2D eigenvalue weighted by Gasteiger charge is -2.26. The van der Waals surface area contributed by atoms with Gasteiger partial charge in [-0.15, -0.1) is 0 Å². The molecule has 0 fully saturated rings. The second kappa shape index (κ2) is 6.19. The van der Waals surface area contributed by atoms with Gasteiger partial charge in [-0.25, -0.2) is 4.79 Å². The largest absolute Gasteiger partial charge is 0.465 e. The van der Waals surface area contributed by atoms with Crippen molar-refractivity contribution in [3.8, 4) is 11.1 Å². The molecular weight excluding hydrogens is 319 g/mol. The summed E-state index contributed by atoms with van der Waals surface area (Å²) in [6.07, 6.45) is -3.28. The number of hydrogen-bond donors (Lipinski definition) is 2. The Morgan fingerprint density at radius 1 is 1.17 bits per heavy atom. The molecule has 2 aromatic carbocycles. The van der Waals surface area contributed by atoms with Crippen molar-refractivity contribution in [1.82, 2.24) is 5.32 Å². The molecule has 24 heavy (non-hydrogen) atoms. The summed E-state index contributed by atoms with van der Waals surface area (Å²) in [7, 11) is 0. The van der Waals surface area contributed by atoms with Crippen molar-refractivity contribution in [2.45, 2.75) is 31.5 Å². The first-order chi connectivity index (χ1) is 11.4. The van der Waals surface area contributed by atoms with E-state index >= 15 is 0 Å². The van der Waals surface area contributed by atoms with Gasteiger partial charge in [0.25, 0.3) is 0 Å². The minimum Gasteiger partial charge on any atom is -0.465 e. The molecule has 1 unspecified atom stereocenters. The first-order valence-corrected chi connectivity index (χ1v) is 7.65. The number of hydrogen-bond acceptors (Lipinski definition) is 1. The summed E-state index contributed by atoms with van der Waals surface area (Å²) >= 11 is 0. The molecule has 3 nitrogen and oxygen atoms in total. The van der Waals surface area contributed by atoms with Crippen LogP contribution in [0.5, 0.6) is 0 Å². The Hall–Kier alpha value is -2.50. The average molecular weight is 335 g/mol. The summed E-state index contributed by atoms with van der Waals surface area (Å²) in [6, 6.07) is 10.2. The van der Waals surface area contributed by atoms with Crippen LogP contribution in [-0.2, 0) is 12.6 Å². The van der Waals surface area contributed by atoms with Crippen molar-refractivity contribution in [3.63, 3.8) is 0 Å². The molecule has 0 aliphatic heterocycles. The summed E-state index contributed by atoms with van der Waals surface area (Å²) in [6.45, 7) is 0. The summed E-state index contributed by atoms with van der Waals surface area (Å²) in [5, 5.41) is 11.4. The fraction of sp³-hybridized carbons (Fsp3) is 0.278. The van der Waals surface area contributed by atoms with Crippen molar-refractivity contribution >= 4 is 6.09 Å². The quantitative estimate of drug-likeness (QED) is 0.810. The van der Waals surface area contributed by atoms with E-state index in [1.54, 1.807) is 24.3 Å². The molecule has 1 amide bonds. The van der Waals surface area contributed by atoms with E-state index < -0.39 is 17.8 Å². The lowest BCUT2D eigenvalue weighted by atomic mass is 9.85. The zero-order chi connectivity index (χ0) is 17.3. The Labute approximate surface area is 137 Å². The molecule has 3 rings (SSSR count). The van der Waals surface area contributed by atoms with Crippen molar-refractivity contribution in [3.05, 3.63) is 59.2 Å². The predicted molar refractivity (Wildman–Crippen MR) is 83.7 cm³/mol. The van der Waals surface area contributed by atoms with Gasteiger partial charge in [0, 0.05) is 0 Å². The van der Waals surface area contributed by atoms with Crippen LogP contribution < -0.4 is 5.32 Å². The zero-order valence-electron chi connectivity index (χ0n) is 12.7. The van der Waals surface area contributed by atoms with Crippen molar-refractivity contribution in [2.75, 3.05) is 0 Å². The highest BCUT2D eigenvalue weighted by molar-refractivity contribution is 5.70. The molecule has 2 aromatic rings. The van der Waals surface area contributed by atoms with Crippen LogP contribution in [0.15, 0.2) is 42.5 Å². The Morgan fingerprint density at radius 3 is 2.62 bits per heavy atom. The van der Waals surface area contributed by atoms with Crippen LogP contribution in [0.2, 0.25) is 0 Å². The van der Waals surface area contributed by atoms with Gasteiger partial charge in [0.15, 0.2) is 0 Å². The van der Waals surface area contributed by atoms with Crippen molar-refractivity contribution in [2.24, 2.45) is 0 Å². The van der Waals surface area contributed by atoms with E-state index in [1.807, 2.05) is 0 Å². The normalized spacial score (nSPS) is 17.2. The number of rotatable bonds is 2. The number of fused-ring (bicyclic) bond motifs is 1. The highest BCUT2D eigenvalue weighted by Crippen LogP contribution is 2.39. The number of halogens is 3. The van der Waals surface area contributed by atoms with Crippen LogP contribution in [-0.4, -0.2) is 11.2 Å². The number of carboxylic acid groups (broad SMARTS) is 1. The van der Waals surface area contributed by atoms with Crippen LogP contribution in [0, 0.1) is 0 Å². The number of nitrogens with one attached hydrogen (secondary N) is 1. The molecule has 126 valence electrons. The van der Waals surface area contributed by atoms with E-state index in [0.29, 0.717) is 12.0 Å². The maximum atomic E-state index is 13.2. The van der Waals surface area contributed by atoms with E-state index in [0.717, 1.165) is 30.0 Å². The lowest BCUT2D eigenvalue weighted by molar-refractivity contribution is -0.137. The average Bonchev–Trinajstić information content (AvgIpc) is 2.53. The Morgan fingerprint density at radius 2 is 1.92 bits per heavy atom. The molecule has 0 saturated carbocycles. The Bertz CT molecular complexity index is 771. The summed E-state index contributed by atoms with van der Waals surface area (Å²) in [5.41, 5.74) is 1.60. The van der Waals surface area contributed by atoms with Crippen molar-refractivity contribution < 1.29 is 23.1 Å². The molecule has 1 aliphatic rings. The molecule has 1 aliphatic carbocycles. The van der Waals surface area contributed by atoms with Gasteiger partial charge >= 0.3 is 12.3 Å². The first-order valence-electron chi connectivity index (χ1n) is 7.65. The highest BCUT2D eigenvalue weighted by Gasteiger charge is 2.33. The summed E-state index contributed by atoms with van der Waals surface area (Å²) in [5.74, 6) is 0. The van der Waals surface area contributed by atoms with Gasteiger partial charge in [0.2, 0.25) is 0 Å². The van der Waals surface area contributed by atoms with E-state index in [1.165, 1.54) is 12.1 Å². The molecule has 0 aromatic heterocycles. The number of carbonyl (C=O) groups is 1. The standard InChI is InChI=1S/C18H16F3NO2/c19-18(20,21)15-6-2-1-5-13(15)12-9-8-11-4-3-7-16(14(11)10-12)22-17(23)24/h1-2,5-6,8-10,16,22H,3-4,7H2,(H,23,24). The molecule has 0 heterocycles. The number of aryl methyl sites for hydroxylation is 1. The number of alkyl halides is 3. The van der Waals surface area contributed by atoms with Crippen LogP contribution in [0.4, 0.5) is 18.0 Å². The number of benzene rings is 2. The van der Waals surface area contributed by atoms with E-state index in [-0.39, 0.29) is 11.6 Å². The predicted octanol–water partition coefficient (Wildman–Crippen LogP) is 5.02. The van der Waals surface area contributed by atoms with E-state index in [2.05, 4.69) is 5.32 Å². The van der Waals surface area contributed by atoms with Crippen LogP contribution in [0.3, 0.4) is 0 Å². The topological polar surface area (TPSA) is 49.3 Å². The monoisotopic (exact) mass is 335 g/mol. The van der Waals surface area contributed by atoms with E-state index in [4.69, 9.17) is 5.11 Å². The molecule has 1 atom stereocenters. The molecule has 2 N–H and O–H groups in total. The van der Waals surface area contributed by atoms with Gasteiger partial charge in [0.05, 0.1) is 11.6 Å². The number of amides is 1. The van der Waals surface area contributed by atoms with Crippen LogP contribution >= 0.6 is 0 Å². The lowest BCUT2D eigenvalue weighted by Crippen LogP contribution is -2.29. The molecular formula is C18H16F3NO2. The molecule has 0 spiro atoms. The maximum absolute atomic E-state index is 13.2. The molecule has 0 radical (unpaired) electrons. The molecule has 6 heteroatoms. The minimum absolute atomic E-state index is 0.104. The summed E-state index contributed by atoms with van der Waals surface area (Å²) in [4.78, 5) is 11.0. The van der Waals surface area contributed by atoms with Gasteiger partial charge in [0.1, 0.15) is 0 Å². The Balaban J connectivity index is 2.07. The first kappa shape index (κ1) is 16.4. The SMILES string of the molecule is O=C(O)NC1CCCc2ccc(-c3ccccc3C(F)(F)F)cc21. The van der Waals surface area contributed by atoms with Gasteiger partial charge in [-0.05, 0) is 53.6 Å². The fourth-order valence-corrected chi connectivity index (χ4v) is 3.25. The maximum Gasteiger partial charge on any atom is 0.417 e. The second-order valence-electron chi connectivity index (χ2n) is 5.85. The van der Waals surface area contributed by atoms with Crippen LogP contribution in [0.1, 0.15) is 35.6 Å². The Kier molecular flexibility index (Phi) is 4.22. The molecule has 0 bridgehead atoms. The van der Waals surface area contributed by atoms with Gasteiger partial charge in [-0.2, -0.15) is 13.2 Å². The summed E-state index contributed by atoms with van der Waals surface area (Å²) < 4.78 is 39.7. The van der Waals surface area contributed by atoms with Crippen molar-refractivity contribution in [1.29, 1.82) is 0 Å². The molecule has 0 saturated heterocycles. The third-order valence-corrected chi connectivity index (χ3v) is 4.30. The third kappa shape index (κ3) is 3.22. The van der Waals surface area contributed by atoms with Gasteiger partial charge in [-0.1, -0.05) is 30.3 Å². The smallest absolute Gasteiger partial charge is 0.417 e.